The SMILES string of the molecule is CCOCc1nc2c(N)nc3c(c2n1CC(C)(CO)CO)CCN(C(=O)OCc1cccc(CN)c1)C3. The van der Waals surface area contributed by atoms with Crippen molar-refractivity contribution < 1.29 is 24.5 Å². The summed E-state index contributed by atoms with van der Waals surface area (Å²) in [6.07, 6.45) is 0.106. The number of aromatic nitrogens is 3. The molecule has 1 amide bonds. The van der Waals surface area contributed by atoms with E-state index in [-0.39, 0.29) is 38.8 Å². The number of carbonyl (C=O) groups excluding carboxylic acids is 1. The van der Waals surface area contributed by atoms with Crippen molar-refractivity contribution in [3.8, 4) is 0 Å². The molecule has 37 heavy (non-hydrogen) atoms. The molecule has 11 nitrogen and oxygen atoms in total. The summed E-state index contributed by atoms with van der Waals surface area (Å²) >= 11 is 0. The molecule has 3 heterocycles. The van der Waals surface area contributed by atoms with Crippen LogP contribution in [0.15, 0.2) is 24.3 Å². The number of nitrogens with two attached hydrogens (primary N) is 2. The summed E-state index contributed by atoms with van der Waals surface area (Å²) in [4.78, 5) is 23.8. The first-order valence-corrected chi connectivity index (χ1v) is 12.5. The Morgan fingerprint density at radius 3 is 2.65 bits per heavy atom. The molecule has 0 spiro atoms. The van der Waals surface area contributed by atoms with Crippen LogP contribution in [0.1, 0.15) is 42.1 Å². The van der Waals surface area contributed by atoms with Crippen LogP contribution in [0.2, 0.25) is 0 Å². The number of anilines is 1. The largest absolute Gasteiger partial charge is 0.445 e. The summed E-state index contributed by atoms with van der Waals surface area (Å²) in [6, 6.07) is 7.63. The summed E-state index contributed by atoms with van der Waals surface area (Å²) in [5.41, 5.74) is 16.1. The number of nitrogens with zero attached hydrogens (tertiary/aromatic N) is 4. The van der Waals surface area contributed by atoms with E-state index >= 15 is 0 Å². The average molecular weight is 513 g/mol. The van der Waals surface area contributed by atoms with E-state index in [1.807, 2.05) is 35.8 Å². The molecule has 0 aliphatic carbocycles. The number of hydrogen-bond acceptors (Lipinski definition) is 9. The number of carbonyl (C=O) groups is 1. The molecule has 0 radical (unpaired) electrons. The molecule has 1 aromatic carbocycles. The monoisotopic (exact) mass is 512 g/mol. The van der Waals surface area contributed by atoms with Crippen molar-refractivity contribution in [1.82, 2.24) is 19.4 Å². The molecule has 1 aliphatic heterocycles. The third-order valence-corrected chi connectivity index (χ3v) is 6.74. The molecule has 0 bridgehead atoms. The van der Waals surface area contributed by atoms with Crippen LogP contribution in [0.25, 0.3) is 11.0 Å². The van der Waals surface area contributed by atoms with Crippen molar-refractivity contribution in [1.29, 1.82) is 0 Å². The van der Waals surface area contributed by atoms with E-state index < -0.39 is 11.5 Å². The number of nitrogen functional groups attached to an aromatic ring is 1. The molecule has 3 aromatic rings. The molecule has 2 aromatic heterocycles. The number of pyridine rings is 1. The average Bonchev–Trinajstić information content (AvgIpc) is 3.28. The second-order valence-electron chi connectivity index (χ2n) is 9.75. The number of aliphatic hydroxyl groups is 2. The fraction of sp³-hybridized carbons (Fsp3) is 0.500. The predicted molar refractivity (Wildman–Crippen MR) is 138 cm³/mol. The van der Waals surface area contributed by atoms with E-state index in [0.717, 1.165) is 22.2 Å². The fourth-order valence-corrected chi connectivity index (χ4v) is 4.53. The lowest BCUT2D eigenvalue weighted by atomic mass is 9.92. The Kier molecular flexibility index (Phi) is 8.28. The van der Waals surface area contributed by atoms with Crippen molar-refractivity contribution in [2.24, 2.45) is 11.1 Å². The van der Waals surface area contributed by atoms with Gasteiger partial charge in [-0.1, -0.05) is 31.2 Å². The maximum Gasteiger partial charge on any atom is 0.410 e. The smallest absolute Gasteiger partial charge is 0.410 e. The van der Waals surface area contributed by atoms with Gasteiger partial charge in [-0.05, 0) is 24.5 Å². The first-order valence-electron chi connectivity index (χ1n) is 12.5. The molecule has 0 atom stereocenters. The molecular weight excluding hydrogens is 476 g/mol. The van der Waals surface area contributed by atoms with Crippen molar-refractivity contribution >= 4 is 22.9 Å². The van der Waals surface area contributed by atoms with Crippen molar-refractivity contribution in [2.45, 2.75) is 53.1 Å². The van der Waals surface area contributed by atoms with Gasteiger partial charge in [-0.25, -0.2) is 14.8 Å². The van der Waals surface area contributed by atoms with Gasteiger partial charge in [0.05, 0.1) is 31.0 Å². The van der Waals surface area contributed by atoms with Gasteiger partial charge in [0.25, 0.3) is 0 Å². The van der Waals surface area contributed by atoms with Gasteiger partial charge >= 0.3 is 6.09 Å². The first kappa shape index (κ1) is 26.8. The van der Waals surface area contributed by atoms with E-state index in [4.69, 9.17) is 25.9 Å². The minimum Gasteiger partial charge on any atom is -0.445 e. The lowest BCUT2D eigenvalue weighted by molar-refractivity contribution is 0.0529. The lowest BCUT2D eigenvalue weighted by Crippen LogP contribution is -2.37. The van der Waals surface area contributed by atoms with Gasteiger partial charge < -0.3 is 40.6 Å². The zero-order chi connectivity index (χ0) is 26.6. The summed E-state index contributed by atoms with van der Waals surface area (Å²) in [5, 5.41) is 19.9. The number of amides is 1. The fourth-order valence-electron chi connectivity index (χ4n) is 4.53. The van der Waals surface area contributed by atoms with Crippen LogP contribution >= 0.6 is 0 Å². The maximum absolute atomic E-state index is 12.9. The Morgan fingerprint density at radius 2 is 1.95 bits per heavy atom. The van der Waals surface area contributed by atoms with E-state index in [0.29, 0.717) is 49.7 Å². The summed E-state index contributed by atoms with van der Waals surface area (Å²) in [6.45, 7) is 5.67. The summed E-state index contributed by atoms with van der Waals surface area (Å²) in [7, 11) is 0. The van der Waals surface area contributed by atoms with Crippen molar-refractivity contribution in [3.05, 3.63) is 52.5 Å². The molecular formula is C26H36N6O5. The van der Waals surface area contributed by atoms with E-state index in [1.54, 1.807) is 11.8 Å². The van der Waals surface area contributed by atoms with Crippen LogP contribution in [0.4, 0.5) is 10.6 Å². The van der Waals surface area contributed by atoms with Gasteiger partial charge in [-0.3, -0.25) is 0 Å². The Hall–Kier alpha value is -3.25. The van der Waals surface area contributed by atoms with Gasteiger partial charge in [-0.2, -0.15) is 0 Å². The third kappa shape index (κ3) is 5.69. The normalized spacial score (nSPS) is 13.7. The van der Waals surface area contributed by atoms with Gasteiger partial charge in [0.2, 0.25) is 0 Å². The Bertz CT molecular complexity index is 1260. The van der Waals surface area contributed by atoms with Crippen molar-refractivity contribution in [3.63, 3.8) is 0 Å². The van der Waals surface area contributed by atoms with Gasteiger partial charge in [0, 0.05) is 37.2 Å². The molecule has 0 fully saturated rings. The van der Waals surface area contributed by atoms with Gasteiger partial charge in [0.15, 0.2) is 5.82 Å². The number of fused-ring (bicyclic) bond motifs is 3. The molecule has 0 unspecified atom stereocenters. The highest BCUT2D eigenvalue weighted by molar-refractivity contribution is 5.89. The Morgan fingerprint density at radius 1 is 1.19 bits per heavy atom. The summed E-state index contributed by atoms with van der Waals surface area (Å²) in [5.74, 6) is 0.905. The molecule has 200 valence electrons. The van der Waals surface area contributed by atoms with Crippen molar-refractivity contribution in [2.75, 3.05) is 32.1 Å². The summed E-state index contributed by atoms with van der Waals surface area (Å²) < 4.78 is 13.2. The second-order valence-corrected chi connectivity index (χ2v) is 9.75. The zero-order valence-electron chi connectivity index (χ0n) is 21.4. The number of ether oxygens (including phenoxy) is 2. The predicted octanol–water partition coefficient (Wildman–Crippen LogP) is 1.69. The van der Waals surface area contributed by atoms with E-state index in [2.05, 4.69) is 4.98 Å². The Balaban J connectivity index is 1.62. The van der Waals surface area contributed by atoms with Crippen LogP contribution in [-0.2, 0) is 48.7 Å². The number of hydrogen-bond donors (Lipinski definition) is 4. The van der Waals surface area contributed by atoms with Crippen LogP contribution in [0.5, 0.6) is 0 Å². The molecule has 6 N–H and O–H groups in total. The maximum atomic E-state index is 12.9. The zero-order valence-corrected chi connectivity index (χ0v) is 21.4. The topological polar surface area (TPSA) is 162 Å². The second kappa shape index (κ2) is 11.4. The highest BCUT2D eigenvalue weighted by Crippen LogP contribution is 2.33. The molecule has 0 saturated heterocycles. The molecule has 1 aliphatic rings. The first-order chi connectivity index (χ1) is 17.8. The standard InChI is InChI=1S/C26H36N6O5/c1-3-36-13-21-30-22-23(32(21)14-26(2,15-33)16-34)19-7-8-31(11-20(19)29-24(22)28)25(35)37-12-18-6-4-5-17(9-18)10-27/h4-6,9,33-34H,3,7-8,10-16,27H2,1-2H3,(H2,28,29). The molecule has 0 saturated carbocycles. The highest BCUT2D eigenvalue weighted by atomic mass is 16.6. The van der Waals surface area contributed by atoms with Crippen LogP contribution in [-0.4, -0.2) is 62.1 Å². The van der Waals surface area contributed by atoms with Crippen LogP contribution in [0, 0.1) is 5.41 Å². The van der Waals surface area contributed by atoms with Gasteiger partial charge in [-0.15, -0.1) is 0 Å². The number of imidazole rings is 1. The number of rotatable bonds is 10. The lowest BCUT2D eigenvalue weighted by Gasteiger charge is -2.30. The minimum absolute atomic E-state index is 0.152. The number of aliphatic hydroxyl groups excluding tert-OH is 2. The molecule has 11 heteroatoms. The van der Waals surface area contributed by atoms with E-state index in [1.165, 1.54) is 0 Å². The number of benzene rings is 1. The quantitative estimate of drug-likeness (QED) is 0.317. The van der Waals surface area contributed by atoms with Gasteiger partial charge in [0.1, 0.15) is 24.6 Å². The third-order valence-electron chi connectivity index (χ3n) is 6.74. The Labute approximate surface area is 216 Å². The van der Waals surface area contributed by atoms with Crippen LogP contribution in [0.3, 0.4) is 0 Å². The highest BCUT2D eigenvalue weighted by Gasteiger charge is 2.31. The van der Waals surface area contributed by atoms with E-state index in [9.17, 15) is 15.0 Å². The minimum atomic E-state index is -0.773. The molecule has 4 rings (SSSR count). The van der Waals surface area contributed by atoms with Crippen LogP contribution < -0.4 is 11.5 Å².